The molecule has 0 aliphatic rings. The predicted molar refractivity (Wildman–Crippen MR) is 66.0 cm³/mol. The fraction of sp³-hybridized carbons (Fsp3) is 1.00. The minimum absolute atomic E-state index is 0.175. The summed E-state index contributed by atoms with van der Waals surface area (Å²) >= 11 is 0. The van der Waals surface area contributed by atoms with Gasteiger partial charge in [0.15, 0.2) is 0 Å². The first-order chi connectivity index (χ1) is 7.33. The van der Waals surface area contributed by atoms with Gasteiger partial charge >= 0.3 is 0 Å². The highest BCUT2D eigenvalue weighted by Crippen LogP contribution is 2.06. The predicted octanol–water partition coefficient (Wildman–Crippen LogP) is 0.330. The van der Waals surface area contributed by atoms with Gasteiger partial charge in [-0.15, -0.1) is 0 Å². The summed E-state index contributed by atoms with van der Waals surface area (Å²) in [5.74, 6) is 0.175. The Balaban J connectivity index is 3.88. The maximum absolute atomic E-state index is 11.6. The van der Waals surface area contributed by atoms with Crippen LogP contribution in [0.2, 0.25) is 0 Å². The topological polar surface area (TPSA) is 67.4 Å². The van der Waals surface area contributed by atoms with Crippen LogP contribution in [0.25, 0.3) is 0 Å². The number of ether oxygens (including phenoxy) is 1. The highest BCUT2D eigenvalue weighted by atomic mass is 32.2. The van der Waals surface area contributed by atoms with E-state index in [-0.39, 0.29) is 5.75 Å². The van der Waals surface area contributed by atoms with Crippen molar-refractivity contribution in [2.24, 2.45) is 0 Å². The smallest absolute Gasteiger partial charge is 0.211 e. The van der Waals surface area contributed by atoms with E-state index in [9.17, 15) is 8.42 Å². The highest BCUT2D eigenvalue weighted by Gasteiger charge is 2.19. The Labute approximate surface area is 99.0 Å². The minimum atomic E-state index is -3.16. The van der Waals surface area contributed by atoms with E-state index in [0.717, 1.165) is 13.0 Å². The van der Waals surface area contributed by atoms with Crippen molar-refractivity contribution in [1.29, 1.82) is 0 Å². The summed E-state index contributed by atoms with van der Waals surface area (Å²) in [7, 11) is 0.263. The van der Waals surface area contributed by atoms with Crippen LogP contribution in [-0.2, 0) is 14.8 Å². The standard InChI is InChI=1S/C10H24N2O3S/c1-10(2,15-4)9-12-16(13,14)8-6-5-7-11-3/h11-12H,5-9H2,1-4H3. The Bertz CT molecular complexity index is 276. The second-order valence-electron chi connectivity index (χ2n) is 4.41. The van der Waals surface area contributed by atoms with Crippen molar-refractivity contribution in [1.82, 2.24) is 10.0 Å². The molecule has 0 fully saturated rings. The van der Waals surface area contributed by atoms with Gasteiger partial charge in [-0.3, -0.25) is 0 Å². The normalized spacial score (nSPS) is 13.0. The summed E-state index contributed by atoms with van der Waals surface area (Å²) in [5, 5.41) is 2.98. The van der Waals surface area contributed by atoms with Gasteiger partial charge < -0.3 is 10.1 Å². The molecular weight excluding hydrogens is 228 g/mol. The van der Waals surface area contributed by atoms with Crippen molar-refractivity contribution < 1.29 is 13.2 Å². The van der Waals surface area contributed by atoms with Crippen molar-refractivity contribution in [3.8, 4) is 0 Å². The molecule has 0 spiro atoms. The molecule has 0 bridgehead atoms. The fourth-order valence-electron chi connectivity index (χ4n) is 1.02. The molecule has 0 amide bonds. The largest absolute Gasteiger partial charge is 0.377 e. The number of methoxy groups -OCH3 is 1. The van der Waals surface area contributed by atoms with Gasteiger partial charge in [-0.25, -0.2) is 13.1 Å². The fourth-order valence-corrected chi connectivity index (χ4v) is 2.32. The lowest BCUT2D eigenvalue weighted by Gasteiger charge is -2.23. The molecule has 5 nitrogen and oxygen atoms in total. The molecule has 2 N–H and O–H groups in total. The maximum atomic E-state index is 11.6. The van der Waals surface area contributed by atoms with Crippen LogP contribution < -0.4 is 10.0 Å². The maximum Gasteiger partial charge on any atom is 0.211 e. The SMILES string of the molecule is CNCCCCS(=O)(=O)NCC(C)(C)OC. The van der Waals surface area contributed by atoms with Crippen molar-refractivity contribution in [2.45, 2.75) is 32.3 Å². The molecule has 0 unspecified atom stereocenters. The lowest BCUT2D eigenvalue weighted by atomic mass is 10.1. The summed E-state index contributed by atoms with van der Waals surface area (Å²) in [4.78, 5) is 0. The molecule has 0 rings (SSSR count). The first kappa shape index (κ1) is 15.8. The molecule has 0 aromatic carbocycles. The lowest BCUT2D eigenvalue weighted by molar-refractivity contribution is 0.0276. The third kappa shape index (κ3) is 8.04. The van der Waals surface area contributed by atoms with Gasteiger partial charge in [-0.05, 0) is 40.3 Å². The van der Waals surface area contributed by atoms with Gasteiger partial charge in [0.2, 0.25) is 10.0 Å². The summed E-state index contributed by atoms with van der Waals surface area (Å²) in [6, 6.07) is 0. The molecular formula is C10H24N2O3S. The van der Waals surface area contributed by atoms with Crippen LogP contribution in [0.5, 0.6) is 0 Å². The summed E-state index contributed by atoms with van der Waals surface area (Å²) in [6.07, 6.45) is 1.54. The van der Waals surface area contributed by atoms with Crippen LogP contribution in [0.3, 0.4) is 0 Å². The van der Waals surface area contributed by atoms with Crippen LogP contribution in [0.4, 0.5) is 0 Å². The summed E-state index contributed by atoms with van der Waals surface area (Å²) in [6.45, 7) is 4.84. The van der Waals surface area contributed by atoms with E-state index in [0.29, 0.717) is 13.0 Å². The second-order valence-corrected chi connectivity index (χ2v) is 6.34. The summed E-state index contributed by atoms with van der Waals surface area (Å²) in [5.41, 5.74) is -0.460. The molecule has 0 radical (unpaired) electrons. The first-order valence-corrected chi connectivity index (χ1v) is 7.15. The van der Waals surface area contributed by atoms with Gasteiger partial charge in [0.05, 0.1) is 11.4 Å². The van der Waals surface area contributed by atoms with Crippen LogP contribution in [-0.4, -0.2) is 47.0 Å². The van der Waals surface area contributed by atoms with Gasteiger partial charge in [0, 0.05) is 13.7 Å². The van der Waals surface area contributed by atoms with Crippen LogP contribution >= 0.6 is 0 Å². The molecule has 0 saturated carbocycles. The quantitative estimate of drug-likeness (QED) is 0.580. The second kappa shape index (κ2) is 7.21. The molecule has 0 aliphatic carbocycles. The molecule has 0 saturated heterocycles. The molecule has 6 heteroatoms. The van der Waals surface area contributed by atoms with Crippen molar-refractivity contribution in [3.05, 3.63) is 0 Å². The third-order valence-electron chi connectivity index (χ3n) is 2.36. The lowest BCUT2D eigenvalue weighted by Crippen LogP contribution is -2.40. The zero-order valence-electron chi connectivity index (χ0n) is 10.7. The molecule has 0 heterocycles. The van der Waals surface area contributed by atoms with E-state index in [1.165, 1.54) is 0 Å². The average Bonchev–Trinajstić information content (AvgIpc) is 2.22. The van der Waals surface area contributed by atoms with Gasteiger partial charge in [0.1, 0.15) is 0 Å². The number of hydrogen-bond acceptors (Lipinski definition) is 4. The van der Waals surface area contributed by atoms with E-state index >= 15 is 0 Å². The van der Waals surface area contributed by atoms with E-state index < -0.39 is 15.6 Å². The number of rotatable bonds is 9. The summed E-state index contributed by atoms with van der Waals surface area (Å²) < 4.78 is 30.8. The van der Waals surface area contributed by atoms with E-state index in [1.807, 2.05) is 20.9 Å². The number of hydrogen-bond donors (Lipinski definition) is 2. The van der Waals surface area contributed by atoms with Crippen LogP contribution in [0.15, 0.2) is 0 Å². The Morgan fingerprint density at radius 1 is 1.25 bits per heavy atom. The van der Waals surface area contributed by atoms with Crippen LogP contribution in [0, 0.1) is 0 Å². The zero-order valence-corrected chi connectivity index (χ0v) is 11.5. The molecule has 0 aromatic heterocycles. The molecule has 0 aromatic rings. The van der Waals surface area contributed by atoms with Crippen molar-refractivity contribution >= 4 is 10.0 Å². The van der Waals surface area contributed by atoms with Gasteiger partial charge in [-0.2, -0.15) is 0 Å². The first-order valence-electron chi connectivity index (χ1n) is 5.50. The average molecular weight is 252 g/mol. The third-order valence-corrected chi connectivity index (χ3v) is 3.77. The molecule has 98 valence electrons. The number of sulfonamides is 1. The highest BCUT2D eigenvalue weighted by molar-refractivity contribution is 7.89. The van der Waals surface area contributed by atoms with Crippen molar-refractivity contribution in [2.75, 3.05) is 33.0 Å². The molecule has 0 atom stereocenters. The Kier molecular flexibility index (Phi) is 7.14. The molecule has 0 aliphatic heterocycles. The van der Waals surface area contributed by atoms with E-state index in [2.05, 4.69) is 10.0 Å². The van der Waals surface area contributed by atoms with Crippen LogP contribution in [0.1, 0.15) is 26.7 Å². The van der Waals surface area contributed by atoms with Gasteiger partial charge in [0.25, 0.3) is 0 Å². The van der Waals surface area contributed by atoms with Gasteiger partial charge in [-0.1, -0.05) is 0 Å². The van der Waals surface area contributed by atoms with E-state index in [4.69, 9.17) is 4.74 Å². The number of nitrogens with one attached hydrogen (secondary N) is 2. The van der Waals surface area contributed by atoms with Crippen molar-refractivity contribution in [3.63, 3.8) is 0 Å². The monoisotopic (exact) mass is 252 g/mol. The molecule has 16 heavy (non-hydrogen) atoms. The Morgan fingerprint density at radius 3 is 2.38 bits per heavy atom. The number of unbranched alkanes of at least 4 members (excludes halogenated alkanes) is 1. The zero-order chi connectivity index (χ0) is 12.7. The Hall–Kier alpha value is -0.170. The van der Waals surface area contributed by atoms with E-state index in [1.54, 1.807) is 7.11 Å². The minimum Gasteiger partial charge on any atom is -0.377 e. The Morgan fingerprint density at radius 2 is 1.88 bits per heavy atom.